The SMILES string of the molecule is CCC(O)Nc1cncc(-c2cnc3[nH]nc(-c4cc5c(-c6ccsc6)nccc5[nH]4)c3c2)c1. The number of anilines is 1. The predicted molar refractivity (Wildman–Crippen MR) is 135 cm³/mol. The van der Waals surface area contributed by atoms with Crippen LogP contribution in [0.2, 0.25) is 0 Å². The summed E-state index contributed by atoms with van der Waals surface area (Å²) in [7, 11) is 0. The molecule has 0 aliphatic heterocycles. The Balaban J connectivity index is 1.43. The minimum atomic E-state index is -0.617. The summed E-state index contributed by atoms with van der Waals surface area (Å²) in [6.45, 7) is 1.91. The van der Waals surface area contributed by atoms with Gasteiger partial charge in [-0.15, -0.1) is 0 Å². The predicted octanol–water partition coefficient (Wildman–Crippen LogP) is 5.43. The molecule has 0 saturated heterocycles. The Kier molecular flexibility index (Phi) is 5.05. The number of hydrogen-bond acceptors (Lipinski definition) is 7. The number of rotatable bonds is 6. The zero-order valence-electron chi connectivity index (χ0n) is 18.3. The highest BCUT2D eigenvalue weighted by Gasteiger charge is 2.16. The first kappa shape index (κ1) is 20.5. The highest BCUT2D eigenvalue weighted by molar-refractivity contribution is 7.08. The molecule has 6 aromatic heterocycles. The van der Waals surface area contributed by atoms with Crippen molar-refractivity contribution in [2.24, 2.45) is 0 Å². The molecule has 0 bridgehead atoms. The Morgan fingerprint density at radius 3 is 2.76 bits per heavy atom. The summed E-state index contributed by atoms with van der Waals surface area (Å²) in [5.41, 5.74) is 8.01. The number of fused-ring (bicyclic) bond motifs is 2. The molecule has 4 N–H and O–H groups in total. The van der Waals surface area contributed by atoms with Crippen molar-refractivity contribution in [2.75, 3.05) is 5.32 Å². The van der Waals surface area contributed by atoms with Crippen molar-refractivity contribution in [3.63, 3.8) is 0 Å². The number of aliphatic hydroxyl groups excluding tert-OH is 1. The molecule has 6 heterocycles. The fourth-order valence-corrected chi connectivity index (χ4v) is 4.69. The maximum atomic E-state index is 9.92. The number of nitrogens with one attached hydrogen (secondary N) is 3. The molecule has 0 radical (unpaired) electrons. The molecule has 1 unspecified atom stereocenters. The molecule has 0 fully saturated rings. The lowest BCUT2D eigenvalue weighted by molar-refractivity contribution is 0.199. The molecular weight excluding hydrogens is 446 g/mol. The minimum Gasteiger partial charge on any atom is -0.374 e. The van der Waals surface area contributed by atoms with E-state index in [4.69, 9.17) is 0 Å². The summed E-state index contributed by atoms with van der Waals surface area (Å²) >= 11 is 1.65. The molecule has 6 aromatic rings. The number of pyridine rings is 3. The Morgan fingerprint density at radius 1 is 1.00 bits per heavy atom. The van der Waals surface area contributed by atoms with Crippen LogP contribution >= 0.6 is 11.3 Å². The highest BCUT2D eigenvalue weighted by Crippen LogP contribution is 2.34. The van der Waals surface area contributed by atoms with Crippen molar-refractivity contribution in [3.05, 3.63) is 65.9 Å². The fraction of sp³-hybridized carbons (Fsp3) is 0.120. The van der Waals surface area contributed by atoms with E-state index in [9.17, 15) is 5.11 Å². The summed E-state index contributed by atoms with van der Waals surface area (Å²) in [5, 5.41) is 26.7. The van der Waals surface area contributed by atoms with Crippen molar-refractivity contribution in [1.29, 1.82) is 0 Å². The third kappa shape index (κ3) is 3.60. The Hall–Kier alpha value is -4.08. The molecule has 1 atom stereocenters. The van der Waals surface area contributed by atoms with Gasteiger partial charge in [-0.1, -0.05) is 6.92 Å². The average molecular weight is 468 g/mol. The maximum Gasteiger partial charge on any atom is 0.155 e. The van der Waals surface area contributed by atoms with Crippen LogP contribution in [0.5, 0.6) is 0 Å². The van der Waals surface area contributed by atoms with Gasteiger partial charge < -0.3 is 15.4 Å². The first-order chi connectivity index (χ1) is 16.7. The monoisotopic (exact) mass is 467 g/mol. The highest BCUT2D eigenvalue weighted by atomic mass is 32.1. The fourth-order valence-electron chi connectivity index (χ4n) is 4.05. The van der Waals surface area contributed by atoms with E-state index >= 15 is 0 Å². The second kappa shape index (κ2) is 8.36. The summed E-state index contributed by atoms with van der Waals surface area (Å²) in [6, 6.07) is 10.2. The molecule has 0 aliphatic carbocycles. The lowest BCUT2D eigenvalue weighted by Crippen LogP contribution is -2.16. The van der Waals surface area contributed by atoms with Gasteiger partial charge in [-0.3, -0.25) is 15.1 Å². The van der Waals surface area contributed by atoms with Crippen molar-refractivity contribution >= 4 is 39.0 Å². The molecule has 9 heteroatoms. The lowest BCUT2D eigenvalue weighted by atomic mass is 10.1. The van der Waals surface area contributed by atoms with E-state index in [1.54, 1.807) is 29.9 Å². The molecule has 6 rings (SSSR count). The average Bonchev–Trinajstić information content (AvgIpc) is 3.62. The van der Waals surface area contributed by atoms with Crippen LogP contribution in [0, 0.1) is 0 Å². The molecule has 0 amide bonds. The summed E-state index contributed by atoms with van der Waals surface area (Å²) in [4.78, 5) is 17.0. The molecular formula is C25H21N7OS. The van der Waals surface area contributed by atoms with E-state index in [-0.39, 0.29) is 0 Å². The van der Waals surface area contributed by atoms with Crippen LogP contribution in [0.25, 0.3) is 55.7 Å². The summed E-state index contributed by atoms with van der Waals surface area (Å²) in [6.07, 6.45) is 7.08. The van der Waals surface area contributed by atoms with E-state index in [2.05, 4.69) is 64.4 Å². The van der Waals surface area contributed by atoms with Crippen LogP contribution < -0.4 is 5.32 Å². The van der Waals surface area contributed by atoms with Crippen molar-refractivity contribution in [3.8, 4) is 33.8 Å². The standard InChI is InChI=1S/C25H21N7OS/c1-2-22(33)29-17-7-15(10-26-12-17)16-8-19-24(31-32-25(19)28-11-16)21-9-18-20(30-21)3-5-27-23(18)14-4-6-34-13-14/h3-13,22,29-30,33H,2H2,1H3,(H,28,31,32). The van der Waals surface area contributed by atoms with Gasteiger partial charge in [-0.25, -0.2) is 4.98 Å². The second-order valence-electron chi connectivity index (χ2n) is 8.04. The van der Waals surface area contributed by atoms with E-state index in [1.165, 1.54) is 0 Å². The Labute approximate surface area is 198 Å². The van der Waals surface area contributed by atoms with Crippen LogP contribution in [0.15, 0.2) is 65.9 Å². The third-order valence-corrected chi connectivity index (χ3v) is 6.49. The van der Waals surface area contributed by atoms with Crippen LogP contribution in [0.4, 0.5) is 5.69 Å². The Morgan fingerprint density at radius 2 is 1.91 bits per heavy atom. The lowest BCUT2D eigenvalue weighted by Gasteiger charge is -2.12. The van der Waals surface area contributed by atoms with E-state index < -0.39 is 6.23 Å². The van der Waals surface area contributed by atoms with Gasteiger partial charge in [0.05, 0.1) is 23.3 Å². The first-order valence-electron chi connectivity index (χ1n) is 10.9. The van der Waals surface area contributed by atoms with Crippen LogP contribution in [0.3, 0.4) is 0 Å². The van der Waals surface area contributed by atoms with Crippen LogP contribution in [-0.4, -0.2) is 41.5 Å². The second-order valence-corrected chi connectivity index (χ2v) is 8.82. The van der Waals surface area contributed by atoms with Gasteiger partial charge in [0.2, 0.25) is 0 Å². The minimum absolute atomic E-state index is 0.601. The topological polar surface area (TPSA) is 115 Å². The van der Waals surface area contributed by atoms with Crippen molar-refractivity contribution < 1.29 is 5.11 Å². The van der Waals surface area contributed by atoms with E-state index in [0.29, 0.717) is 12.1 Å². The van der Waals surface area contributed by atoms with Crippen molar-refractivity contribution in [2.45, 2.75) is 19.6 Å². The summed E-state index contributed by atoms with van der Waals surface area (Å²) < 4.78 is 0. The molecule has 0 saturated carbocycles. The number of nitrogens with zero attached hydrogens (tertiary/aromatic N) is 4. The van der Waals surface area contributed by atoms with Gasteiger partial charge in [0, 0.05) is 57.0 Å². The number of thiophene rings is 1. The van der Waals surface area contributed by atoms with Crippen LogP contribution in [0.1, 0.15) is 13.3 Å². The number of hydrogen-bond donors (Lipinski definition) is 4. The molecule has 34 heavy (non-hydrogen) atoms. The van der Waals surface area contributed by atoms with Gasteiger partial charge in [0.1, 0.15) is 11.9 Å². The van der Waals surface area contributed by atoms with E-state index in [0.717, 1.165) is 55.7 Å². The third-order valence-electron chi connectivity index (χ3n) is 5.81. The molecule has 0 aliphatic rings. The molecule has 0 spiro atoms. The zero-order valence-corrected chi connectivity index (χ0v) is 19.1. The number of H-pyrrole nitrogens is 2. The van der Waals surface area contributed by atoms with Gasteiger partial charge in [0.25, 0.3) is 0 Å². The van der Waals surface area contributed by atoms with Gasteiger partial charge >= 0.3 is 0 Å². The van der Waals surface area contributed by atoms with Gasteiger partial charge in [-0.05, 0) is 42.1 Å². The zero-order chi connectivity index (χ0) is 23.1. The summed E-state index contributed by atoms with van der Waals surface area (Å²) in [5.74, 6) is 0. The first-order valence-corrected chi connectivity index (χ1v) is 11.9. The smallest absolute Gasteiger partial charge is 0.155 e. The number of aliphatic hydroxyl groups is 1. The van der Waals surface area contributed by atoms with Gasteiger partial charge in [0.15, 0.2) is 5.65 Å². The molecule has 0 aromatic carbocycles. The largest absolute Gasteiger partial charge is 0.374 e. The number of aromatic amines is 2. The molecule has 8 nitrogen and oxygen atoms in total. The van der Waals surface area contributed by atoms with Crippen molar-refractivity contribution in [1.82, 2.24) is 30.1 Å². The Bertz CT molecular complexity index is 1600. The normalized spacial score (nSPS) is 12.4. The van der Waals surface area contributed by atoms with Gasteiger partial charge in [-0.2, -0.15) is 16.4 Å². The van der Waals surface area contributed by atoms with Crippen LogP contribution in [-0.2, 0) is 0 Å². The maximum absolute atomic E-state index is 9.92. The molecule has 168 valence electrons. The number of aromatic nitrogens is 6. The van der Waals surface area contributed by atoms with E-state index in [1.807, 2.05) is 25.3 Å². The quantitative estimate of drug-likeness (QED) is 0.243.